The van der Waals surface area contributed by atoms with Crippen LogP contribution in [0, 0.1) is 11.6 Å². The largest absolute Gasteiger partial charge is 0.469 e. The molecule has 6 heteroatoms. The van der Waals surface area contributed by atoms with Gasteiger partial charge in [0.15, 0.2) is 0 Å². The average molecular weight is 294 g/mol. The fourth-order valence-corrected chi connectivity index (χ4v) is 1.56. The van der Waals surface area contributed by atoms with Crippen LogP contribution in [0.4, 0.5) is 8.78 Å². The van der Waals surface area contributed by atoms with E-state index in [1.807, 2.05) is 0 Å². The van der Waals surface area contributed by atoms with Crippen molar-refractivity contribution >= 4 is 21.9 Å². The van der Waals surface area contributed by atoms with Gasteiger partial charge in [0.25, 0.3) is 0 Å². The first-order chi connectivity index (χ1) is 7.45. The van der Waals surface area contributed by atoms with E-state index in [1.54, 1.807) is 0 Å². The van der Waals surface area contributed by atoms with E-state index in [1.165, 1.54) is 13.2 Å². The van der Waals surface area contributed by atoms with Crippen LogP contribution in [0.1, 0.15) is 18.0 Å². The molecule has 0 aliphatic rings. The monoisotopic (exact) mass is 293 g/mol. The van der Waals surface area contributed by atoms with Crippen LogP contribution in [0.15, 0.2) is 16.6 Å². The predicted molar refractivity (Wildman–Crippen MR) is 57.6 cm³/mol. The van der Waals surface area contributed by atoms with Gasteiger partial charge in [-0.3, -0.25) is 4.79 Å². The van der Waals surface area contributed by atoms with Gasteiger partial charge in [-0.2, -0.15) is 0 Å². The molecule has 0 fully saturated rings. The standard InChI is InChI=1S/C10H10BrF2NO2/c1-16-10(15)4-9(14)5-2-6(11)8(13)3-7(5)12/h2-3,9H,4,14H2,1H3. The number of halogens is 3. The first kappa shape index (κ1) is 13.1. The Hall–Kier alpha value is -1.01. The van der Waals surface area contributed by atoms with E-state index in [0.29, 0.717) is 0 Å². The molecule has 16 heavy (non-hydrogen) atoms. The van der Waals surface area contributed by atoms with Gasteiger partial charge in [-0.1, -0.05) is 0 Å². The SMILES string of the molecule is COC(=O)CC(N)c1cc(Br)c(F)cc1F. The van der Waals surface area contributed by atoms with Crippen LogP contribution in [0.3, 0.4) is 0 Å². The lowest BCUT2D eigenvalue weighted by atomic mass is 10.0. The summed E-state index contributed by atoms with van der Waals surface area (Å²) >= 11 is 2.92. The van der Waals surface area contributed by atoms with Crippen molar-refractivity contribution in [3.8, 4) is 0 Å². The first-order valence-electron chi connectivity index (χ1n) is 4.42. The number of rotatable bonds is 3. The molecule has 0 spiro atoms. The summed E-state index contributed by atoms with van der Waals surface area (Å²) in [5.41, 5.74) is 5.68. The van der Waals surface area contributed by atoms with Gasteiger partial charge < -0.3 is 10.5 Å². The Labute approximate surface area is 99.7 Å². The second-order valence-electron chi connectivity index (χ2n) is 3.17. The molecule has 0 aromatic heterocycles. The minimum absolute atomic E-state index is 0.0682. The maximum absolute atomic E-state index is 13.3. The zero-order valence-corrected chi connectivity index (χ0v) is 10.1. The second kappa shape index (κ2) is 5.36. The zero-order valence-electron chi connectivity index (χ0n) is 8.47. The molecule has 0 bridgehead atoms. The second-order valence-corrected chi connectivity index (χ2v) is 4.03. The Balaban J connectivity index is 2.95. The van der Waals surface area contributed by atoms with Gasteiger partial charge in [-0.25, -0.2) is 8.78 Å². The Kier molecular flexibility index (Phi) is 4.37. The van der Waals surface area contributed by atoms with Gasteiger partial charge in [0.05, 0.1) is 18.0 Å². The number of hydrogen-bond acceptors (Lipinski definition) is 3. The third-order valence-electron chi connectivity index (χ3n) is 2.05. The Bertz CT molecular complexity index is 412. The highest BCUT2D eigenvalue weighted by Crippen LogP contribution is 2.25. The molecule has 0 saturated carbocycles. The maximum atomic E-state index is 13.3. The molecule has 88 valence electrons. The molecule has 1 atom stereocenters. The Morgan fingerprint density at radius 1 is 1.50 bits per heavy atom. The van der Waals surface area contributed by atoms with Crippen LogP contribution in [0.25, 0.3) is 0 Å². The van der Waals surface area contributed by atoms with Gasteiger partial charge in [0.2, 0.25) is 0 Å². The molecule has 2 N–H and O–H groups in total. The fourth-order valence-electron chi connectivity index (χ4n) is 1.19. The molecule has 1 rings (SSSR count). The van der Waals surface area contributed by atoms with Gasteiger partial charge in [-0.15, -0.1) is 0 Å². The van der Waals surface area contributed by atoms with Crippen molar-refractivity contribution in [2.75, 3.05) is 7.11 Å². The Morgan fingerprint density at radius 2 is 2.12 bits per heavy atom. The molecule has 0 heterocycles. The van der Waals surface area contributed by atoms with Crippen molar-refractivity contribution in [1.29, 1.82) is 0 Å². The van der Waals surface area contributed by atoms with Crippen LogP contribution < -0.4 is 5.73 Å². The minimum Gasteiger partial charge on any atom is -0.469 e. The van der Waals surface area contributed by atoms with E-state index < -0.39 is 23.6 Å². The molecule has 1 aromatic rings. The van der Waals surface area contributed by atoms with Gasteiger partial charge in [0.1, 0.15) is 11.6 Å². The molecule has 0 aliphatic heterocycles. The number of nitrogens with two attached hydrogens (primary N) is 1. The van der Waals surface area contributed by atoms with Gasteiger partial charge in [0, 0.05) is 17.7 Å². The van der Waals surface area contributed by atoms with Crippen molar-refractivity contribution < 1.29 is 18.3 Å². The summed E-state index contributed by atoms with van der Waals surface area (Å²) in [6, 6.07) is 1.08. The van der Waals surface area contributed by atoms with Crippen molar-refractivity contribution in [2.45, 2.75) is 12.5 Å². The predicted octanol–water partition coefficient (Wildman–Crippen LogP) is 2.29. The molecule has 3 nitrogen and oxygen atoms in total. The summed E-state index contributed by atoms with van der Waals surface area (Å²) in [6.07, 6.45) is -0.161. The van der Waals surface area contributed by atoms with E-state index in [4.69, 9.17) is 5.73 Å². The molecule has 0 amide bonds. The third kappa shape index (κ3) is 2.99. The lowest BCUT2D eigenvalue weighted by molar-refractivity contribution is -0.141. The lowest BCUT2D eigenvalue weighted by Crippen LogP contribution is -2.17. The normalized spacial score (nSPS) is 12.3. The van der Waals surface area contributed by atoms with Crippen LogP contribution in [-0.2, 0) is 9.53 Å². The highest BCUT2D eigenvalue weighted by Gasteiger charge is 2.17. The molecular weight excluding hydrogens is 284 g/mol. The van der Waals surface area contributed by atoms with Crippen molar-refractivity contribution in [2.24, 2.45) is 5.73 Å². The van der Waals surface area contributed by atoms with Crippen LogP contribution in [0.5, 0.6) is 0 Å². The van der Waals surface area contributed by atoms with Crippen molar-refractivity contribution in [3.63, 3.8) is 0 Å². The number of ether oxygens (including phenoxy) is 1. The van der Waals surface area contributed by atoms with Crippen LogP contribution >= 0.6 is 15.9 Å². The quantitative estimate of drug-likeness (QED) is 0.687. The van der Waals surface area contributed by atoms with Crippen LogP contribution in [-0.4, -0.2) is 13.1 Å². The molecule has 0 aliphatic carbocycles. The summed E-state index contributed by atoms with van der Waals surface area (Å²) < 4.78 is 30.8. The summed E-state index contributed by atoms with van der Waals surface area (Å²) in [6.45, 7) is 0. The van der Waals surface area contributed by atoms with Gasteiger partial charge in [-0.05, 0) is 22.0 Å². The van der Waals surface area contributed by atoms with Crippen molar-refractivity contribution in [1.82, 2.24) is 0 Å². The van der Waals surface area contributed by atoms with Crippen LogP contribution in [0.2, 0.25) is 0 Å². The summed E-state index contributed by atoms with van der Waals surface area (Å²) in [7, 11) is 1.21. The fraction of sp³-hybridized carbons (Fsp3) is 0.300. The number of methoxy groups -OCH3 is 1. The number of carbonyl (C=O) groups excluding carboxylic acids is 1. The summed E-state index contributed by atoms with van der Waals surface area (Å²) in [4.78, 5) is 10.9. The number of hydrogen-bond donors (Lipinski definition) is 1. The highest BCUT2D eigenvalue weighted by molar-refractivity contribution is 9.10. The van der Waals surface area contributed by atoms with E-state index in [0.717, 1.165) is 6.07 Å². The van der Waals surface area contributed by atoms with E-state index in [-0.39, 0.29) is 16.5 Å². The summed E-state index contributed by atoms with van der Waals surface area (Å²) in [5, 5.41) is 0. The average Bonchev–Trinajstić information content (AvgIpc) is 2.23. The number of benzene rings is 1. The van der Waals surface area contributed by atoms with E-state index in [9.17, 15) is 13.6 Å². The van der Waals surface area contributed by atoms with Crippen molar-refractivity contribution in [3.05, 3.63) is 33.8 Å². The number of carbonyl (C=O) groups is 1. The topological polar surface area (TPSA) is 52.3 Å². The van der Waals surface area contributed by atoms with E-state index in [2.05, 4.69) is 20.7 Å². The zero-order chi connectivity index (χ0) is 12.3. The minimum atomic E-state index is -0.857. The van der Waals surface area contributed by atoms with Gasteiger partial charge >= 0.3 is 5.97 Å². The molecule has 0 radical (unpaired) electrons. The smallest absolute Gasteiger partial charge is 0.307 e. The highest BCUT2D eigenvalue weighted by atomic mass is 79.9. The maximum Gasteiger partial charge on any atom is 0.307 e. The molecule has 0 saturated heterocycles. The molecule has 1 aromatic carbocycles. The lowest BCUT2D eigenvalue weighted by Gasteiger charge is -2.12. The molecule has 1 unspecified atom stereocenters. The third-order valence-corrected chi connectivity index (χ3v) is 2.66. The Morgan fingerprint density at radius 3 is 2.69 bits per heavy atom. The molecular formula is C10H10BrF2NO2. The number of esters is 1. The first-order valence-corrected chi connectivity index (χ1v) is 5.21. The van der Waals surface area contributed by atoms with E-state index >= 15 is 0 Å². The summed E-state index contributed by atoms with van der Waals surface area (Å²) in [5.74, 6) is -2.05.